The Morgan fingerprint density at radius 3 is 2.50 bits per heavy atom. The van der Waals surface area contributed by atoms with Crippen molar-refractivity contribution in [2.45, 2.75) is 11.4 Å². The van der Waals surface area contributed by atoms with Crippen LogP contribution in [0, 0.1) is 0 Å². The number of anilines is 1. The van der Waals surface area contributed by atoms with Crippen LogP contribution in [0.1, 0.15) is 21.5 Å². The van der Waals surface area contributed by atoms with Crippen molar-refractivity contribution in [1.29, 1.82) is 0 Å². The summed E-state index contributed by atoms with van der Waals surface area (Å²) in [6, 6.07) is 25.0. The number of hydrogen-bond donors (Lipinski definition) is 1. The van der Waals surface area contributed by atoms with E-state index in [1.54, 1.807) is 49.6 Å². The number of rotatable bonds is 6. The Morgan fingerprint density at radius 1 is 1.00 bits per heavy atom. The van der Waals surface area contributed by atoms with Crippen LogP contribution in [0.3, 0.4) is 0 Å². The van der Waals surface area contributed by atoms with Crippen molar-refractivity contribution in [2.24, 2.45) is 5.10 Å². The third-order valence-electron chi connectivity index (χ3n) is 5.70. The lowest BCUT2D eigenvalue weighted by molar-refractivity contribution is 0.0955. The van der Waals surface area contributed by atoms with Gasteiger partial charge >= 0.3 is 0 Å². The molecule has 0 unspecified atom stereocenters. The van der Waals surface area contributed by atoms with Gasteiger partial charge in [-0.3, -0.25) is 9.10 Å². The lowest BCUT2D eigenvalue weighted by Crippen LogP contribution is -2.26. The van der Waals surface area contributed by atoms with Gasteiger partial charge in [-0.05, 0) is 52.9 Å². The van der Waals surface area contributed by atoms with Crippen LogP contribution in [0.25, 0.3) is 10.8 Å². The van der Waals surface area contributed by atoms with Crippen LogP contribution in [0.5, 0.6) is 5.75 Å². The molecule has 5 rings (SSSR count). The molecule has 0 radical (unpaired) electrons. The minimum absolute atomic E-state index is 0.173. The number of nitrogens with one attached hydrogen (secondary N) is 1. The number of benzene rings is 4. The van der Waals surface area contributed by atoms with Gasteiger partial charge in [0.25, 0.3) is 15.9 Å². The van der Waals surface area contributed by atoms with Crippen LogP contribution in [0.15, 0.2) is 94.9 Å². The third-order valence-corrected chi connectivity index (χ3v) is 7.50. The van der Waals surface area contributed by atoms with E-state index in [0.717, 1.165) is 21.9 Å². The average Bonchev–Trinajstić information content (AvgIpc) is 3.08. The van der Waals surface area contributed by atoms with Crippen molar-refractivity contribution in [1.82, 2.24) is 5.43 Å². The van der Waals surface area contributed by atoms with Crippen molar-refractivity contribution in [3.05, 3.63) is 102 Å². The first-order chi connectivity index (χ1) is 16.5. The third kappa shape index (κ3) is 3.88. The molecule has 7 nitrogen and oxygen atoms in total. The number of hydrogen-bond acceptors (Lipinski definition) is 5. The van der Waals surface area contributed by atoms with Crippen LogP contribution in [-0.4, -0.2) is 27.6 Å². The zero-order chi connectivity index (χ0) is 23.7. The maximum atomic E-state index is 13.2. The number of hydrazone groups is 1. The van der Waals surface area contributed by atoms with Gasteiger partial charge in [-0.25, -0.2) is 13.8 Å². The highest BCUT2D eigenvalue weighted by Crippen LogP contribution is 2.42. The fraction of sp³-hybridized carbons (Fsp3) is 0.0769. The smallest absolute Gasteiger partial charge is 0.271 e. The van der Waals surface area contributed by atoms with Gasteiger partial charge in [-0.15, -0.1) is 0 Å². The van der Waals surface area contributed by atoms with Crippen LogP contribution in [0.2, 0.25) is 0 Å². The van der Waals surface area contributed by atoms with Gasteiger partial charge in [-0.1, -0.05) is 48.5 Å². The summed E-state index contributed by atoms with van der Waals surface area (Å²) in [7, 11) is -2.06. The first-order valence-corrected chi connectivity index (χ1v) is 12.0. The summed E-state index contributed by atoms with van der Waals surface area (Å²) in [5.74, 6) is 0.335. The highest BCUT2D eigenvalue weighted by atomic mass is 32.2. The predicted octanol–water partition coefficient (Wildman–Crippen LogP) is 4.32. The average molecular weight is 472 g/mol. The molecular weight excluding hydrogens is 450 g/mol. The lowest BCUT2D eigenvalue weighted by Gasteiger charge is -2.19. The Labute approximate surface area is 197 Å². The topological polar surface area (TPSA) is 88.1 Å². The molecule has 0 saturated heterocycles. The molecule has 0 bridgehead atoms. The molecule has 1 aliphatic heterocycles. The van der Waals surface area contributed by atoms with Crippen LogP contribution >= 0.6 is 0 Å². The van der Waals surface area contributed by atoms with E-state index in [9.17, 15) is 13.2 Å². The number of methoxy groups -OCH3 is 1. The highest BCUT2D eigenvalue weighted by molar-refractivity contribution is 7.93. The molecule has 0 saturated carbocycles. The molecule has 1 amide bonds. The van der Waals surface area contributed by atoms with Crippen LogP contribution in [-0.2, 0) is 16.6 Å². The number of amides is 1. The summed E-state index contributed by atoms with van der Waals surface area (Å²) >= 11 is 0. The quantitative estimate of drug-likeness (QED) is 0.335. The van der Waals surface area contributed by atoms with Crippen molar-refractivity contribution in [3.8, 4) is 5.75 Å². The molecule has 0 spiro atoms. The second kappa shape index (κ2) is 8.64. The van der Waals surface area contributed by atoms with Gasteiger partial charge in [0.1, 0.15) is 5.75 Å². The minimum Gasteiger partial charge on any atom is -0.497 e. The first kappa shape index (κ1) is 21.7. The van der Waals surface area contributed by atoms with Gasteiger partial charge in [0.15, 0.2) is 0 Å². The van der Waals surface area contributed by atoms with Gasteiger partial charge in [-0.2, -0.15) is 5.10 Å². The van der Waals surface area contributed by atoms with Crippen LogP contribution in [0.4, 0.5) is 5.69 Å². The van der Waals surface area contributed by atoms with Gasteiger partial charge < -0.3 is 4.74 Å². The lowest BCUT2D eigenvalue weighted by atomic mass is 10.1. The van der Waals surface area contributed by atoms with Crippen molar-refractivity contribution >= 4 is 38.6 Å². The molecule has 4 aromatic carbocycles. The normalized spacial score (nSPS) is 14.0. The van der Waals surface area contributed by atoms with Crippen molar-refractivity contribution in [2.75, 3.05) is 11.4 Å². The molecule has 4 aromatic rings. The molecule has 8 heteroatoms. The number of ether oxygens (including phenoxy) is 1. The Morgan fingerprint density at radius 2 is 1.74 bits per heavy atom. The summed E-state index contributed by atoms with van der Waals surface area (Å²) in [5.41, 5.74) is 5.14. The van der Waals surface area contributed by atoms with Crippen molar-refractivity contribution < 1.29 is 17.9 Å². The first-order valence-electron chi connectivity index (χ1n) is 10.6. The molecule has 0 aromatic heterocycles. The van der Waals surface area contributed by atoms with Gasteiger partial charge in [0.05, 0.1) is 30.5 Å². The summed E-state index contributed by atoms with van der Waals surface area (Å²) < 4.78 is 32.9. The standard InChI is InChI=1S/C26H21N3O4S/c1-33-22-8-2-5-19(15-22)16-27-28-26(30)21-13-11-18(12-14-21)17-29-23-9-3-6-20-7-4-10-24(25(20)23)34(29,31)32/h2-16H,17H2,1H3,(H,28,30)/b27-16-. The minimum atomic E-state index is -3.64. The highest BCUT2D eigenvalue weighted by Gasteiger charge is 2.35. The van der Waals surface area contributed by atoms with Gasteiger partial charge in [0, 0.05) is 10.9 Å². The molecule has 34 heavy (non-hydrogen) atoms. The zero-order valence-electron chi connectivity index (χ0n) is 18.3. The van der Waals surface area contributed by atoms with E-state index in [2.05, 4.69) is 10.5 Å². The van der Waals surface area contributed by atoms with Crippen molar-refractivity contribution in [3.63, 3.8) is 0 Å². The van der Waals surface area contributed by atoms with E-state index in [-0.39, 0.29) is 12.5 Å². The number of nitrogens with zero attached hydrogens (tertiary/aromatic N) is 2. The van der Waals surface area contributed by atoms with E-state index >= 15 is 0 Å². The van der Waals surface area contributed by atoms with E-state index in [4.69, 9.17) is 4.74 Å². The number of sulfonamides is 1. The Hall–Kier alpha value is -4.17. The predicted molar refractivity (Wildman–Crippen MR) is 132 cm³/mol. The molecular formula is C26H21N3O4S. The molecule has 1 heterocycles. The molecule has 0 atom stereocenters. The zero-order valence-corrected chi connectivity index (χ0v) is 19.1. The van der Waals surface area contributed by atoms with E-state index < -0.39 is 10.0 Å². The molecule has 0 fully saturated rings. The van der Waals surface area contributed by atoms with E-state index in [1.165, 1.54) is 10.5 Å². The molecule has 170 valence electrons. The fourth-order valence-electron chi connectivity index (χ4n) is 4.01. The number of carbonyl (C=O) groups is 1. The van der Waals surface area contributed by atoms with Gasteiger partial charge in [0.2, 0.25) is 0 Å². The Kier molecular flexibility index (Phi) is 5.51. The van der Waals surface area contributed by atoms with E-state index in [1.807, 2.05) is 42.5 Å². The molecule has 1 aliphatic rings. The summed E-state index contributed by atoms with van der Waals surface area (Å²) in [6.45, 7) is 0.173. The maximum Gasteiger partial charge on any atom is 0.271 e. The summed E-state index contributed by atoms with van der Waals surface area (Å²) in [4.78, 5) is 12.8. The number of carbonyl (C=O) groups excluding carboxylic acids is 1. The summed E-state index contributed by atoms with van der Waals surface area (Å²) in [6.07, 6.45) is 1.53. The van der Waals surface area contributed by atoms with E-state index in [0.29, 0.717) is 21.9 Å². The largest absolute Gasteiger partial charge is 0.497 e. The monoisotopic (exact) mass is 471 g/mol. The fourth-order valence-corrected chi connectivity index (χ4v) is 5.71. The summed E-state index contributed by atoms with van der Waals surface area (Å²) in [5, 5.41) is 5.63. The van der Waals surface area contributed by atoms with Crippen LogP contribution < -0.4 is 14.5 Å². The second-order valence-electron chi connectivity index (χ2n) is 7.82. The second-order valence-corrected chi connectivity index (χ2v) is 9.65. The Balaban J connectivity index is 1.30. The molecule has 0 aliphatic carbocycles. The maximum absolute atomic E-state index is 13.2. The Bertz CT molecular complexity index is 1520. The molecule has 1 N–H and O–H groups in total. The SMILES string of the molecule is COc1cccc(/C=N\NC(=O)c2ccc(CN3c4cccc5cccc(c45)S3(=O)=O)cc2)c1.